The Kier molecular flexibility index (Phi) is 3.62. The number of nitrogens with two attached hydrogens (primary N) is 1. The van der Waals surface area contributed by atoms with Gasteiger partial charge in [0.15, 0.2) is 0 Å². The van der Waals surface area contributed by atoms with Crippen LogP contribution in [0.4, 0.5) is 10.1 Å². The zero-order chi connectivity index (χ0) is 12.4. The average molecular weight is 252 g/mol. The van der Waals surface area contributed by atoms with E-state index in [9.17, 15) is 4.39 Å². The molecule has 1 aliphatic carbocycles. The molecule has 0 amide bonds. The van der Waals surface area contributed by atoms with Gasteiger partial charge < -0.3 is 11.1 Å². The summed E-state index contributed by atoms with van der Waals surface area (Å²) in [5, 5.41) is 3.33. The summed E-state index contributed by atoms with van der Waals surface area (Å²) in [5.74, 6) is 0.320. The molecule has 0 spiro atoms. The molecule has 0 radical (unpaired) electrons. The fraction of sp³-hybridized carbons (Fsp3) is 0.462. The maximum Gasteiger partial charge on any atom is 0.135 e. The minimum Gasteiger partial charge on any atom is -0.389 e. The standard InChI is InChI=1S/C13H17FN2S/c1-8(9-4-2-5-9)16-11-7-3-6-10(14)12(11)13(15)17/h3,6-9,16H,2,4-5H2,1H3,(H2,15,17). The van der Waals surface area contributed by atoms with E-state index in [4.69, 9.17) is 18.0 Å². The van der Waals surface area contributed by atoms with Gasteiger partial charge in [0.1, 0.15) is 10.8 Å². The molecule has 0 bridgehead atoms. The SMILES string of the molecule is CC(Nc1cccc(F)c1C(N)=S)C1CCC1. The number of thiocarbonyl (C=S) groups is 1. The molecule has 3 N–H and O–H groups in total. The monoisotopic (exact) mass is 252 g/mol. The lowest BCUT2D eigenvalue weighted by atomic mass is 9.80. The molecule has 1 aromatic rings. The van der Waals surface area contributed by atoms with Crippen LogP contribution in [0.25, 0.3) is 0 Å². The van der Waals surface area contributed by atoms with Crippen molar-refractivity contribution in [3.8, 4) is 0 Å². The van der Waals surface area contributed by atoms with Gasteiger partial charge in [0.05, 0.1) is 5.56 Å². The van der Waals surface area contributed by atoms with Gasteiger partial charge in [0.2, 0.25) is 0 Å². The molecule has 4 heteroatoms. The van der Waals surface area contributed by atoms with Gasteiger partial charge in [0.25, 0.3) is 0 Å². The number of hydrogen-bond acceptors (Lipinski definition) is 2. The quantitative estimate of drug-likeness (QED) is 0.809. The van der Waals surface area contributed by atoms with Gasteiger partial charge in [-0.2, -0.15) is 0 Å². The minimum atomic E-state index is -0.358. The molecule has 1 unspecified atom stereocenters. The van der Waals surface area contributed by atoms with Crippen LogP contribution in [0.1, 0.15) is 31.7 Å². The van der Waals surface area contributed by atoms with Gasteiger partial charge in [0, 0.05) is 11.7 Å². The summed E-state index contributed by atoms with van der Waals surface area (Å²) in [5.41, 5.74) is 6.60. The van der Waals surface area contributed by atoms with Crippen LogP contribution in [0.5, 0.6) is 0 Å². The van der Waals surface area contributed by atoms with Crippen LogP contribution in [0.15, 0.2) is 18.2 Å². The van der Waals surface area contributed by atoms with Crippen LogP contribution in [-0.4, -0.2) is 11.0 Å². The molecule has 1 aromatic carbocycles. The number of nitrogens with one attached hydrogen (secondary N) is 1. The molecule has 1 aliphatic rings. The summed E-state index contributed by atoms with van der Waals surface area (Å²) in [6.07, 6.45) is 3.78. The number of benzene rings is 1. The van der Waals surface area contributed by atoms with Crippen LogP contribution in [0.2, 0.25) is 0 Å². The topological polar surface area (TPSA) is 38.0 Å². The molecule has 2 rings (SSSR count). The van der Waals surface area contributed by atoms with Crippen molar-refractivity contribution in [2.24, 2.45) is 11.7 Å². The molecule has 0 heterocycles. The first-order chi connectivity index (χ1) is 8.09. The number of hydrogen-bond donors (Lipinski definition) is 2. The smallest absolute Gasteiger partial charge is 0.135 e. The third-order valence-electron chi connectivity index (χ3n) is 3.50. The molecule has 2 nitrogen and oxygen atoms in total. The zero-order valence-corrected chi connectivity index (χ0v) is 10.7. The second-order valence-corrected chi connectivity index (χ2v) is 5.09. The van der Waals surface area contributed by atoms with Crippen molar-refractivity contribution in [2.75, 3.05) is 5.32 Å². The summed E-state index contributed by atoms with van der Waals surface area (Å²) in [7, 11) is 0. The fourth-order valence-corrected chi connectivity index (χ4v) is 2.41. The van der Waals surface area contributed by atoms with Crippen LogP contribution < -0.4 is 11.1 Å². The van der Waals surface area contributed by atoms with E-state index in [-0.39, 0.29) is 10.8 Å². The maximum atomic E-state index is 13.6. The number of halogens is 1. The van der Waals surface area contributed by atoms with E-state index in [1.165, 1.54) is 25.3 Å². The van der Waals surface area contributed by atoms with Crippen molar-refractivity contribution in [1.29, 1.82) is 0 Å². The molecular formula is C13H17FN2S. The lowest BCUT2D eigenvalue weighted by Gasteiger charge is -2.33. The Balaban J connectivity index is 2.19. The third-order valence-corrected chi connectivity index (χ3v) is 3.70. The average Bonchev–Trinajstić information content (AvgIpc) is 2.13. The Morgan fingerprint density at radius 3 is 2.76 bits per heavy atom. The van der Waals surface area contributed by atoms with Crippen LogP contribution >= 0.6 is 12.2 Å². The van der Waals surface area contributed by atoms with Gasteiger partial charge in [-0.3, -0.25) is 0 Å². The first kappa shape index (κ1) is 12.3. The molecule has 17 heavy (non-hydrogen) atoms. The second kappa shape index (κ2) is 5.00. The van der Waals surface area contributed by atoms with Crippen molar-refractivity contribution >= 4 is 22.9 Å². The molecule has 1 saturated carbocycles. The molecule has 0 aliphatic heterocycles. The van der Waals surface area contributed by atoms with Crippen LogP contribution in [0.3, 0.4) is 0 Å². The lowest BCUT2D eigenvalue weighted by Crippen LogP contribution is -2.31. The van der Waals surface area contributed by atoms with E-state index in [0.717, 1.165) is 0 Å². The van der Waals surface area contributed by atoms with Crippen molar-refractivity contribution in [2.45, 2.75) is 32.2 Å². The fourth-order valence-electron chi connectivity index (χ4n) is 2.20. The zero-order valence-electron chi connectivity index (χ0n) is 9.87. The Hall–Kier alpha value is -1.16. The van der Waals surface area contributed by atoms with Crippen LogP contribution in [-0.2, 0) is 0 Å². The van der Waals surface area contributed by atoms with E-state index in [1.54, 1.807) is 6.07 Å². The Morgan fingerprint density at radius 2 is 2.24 bits per heavy atom. The highest BCUT2D eigenvalue weighted by Gasteiger charge is 2.24. The van der Waals surface area contributed by atoms with E-state index >= 15 is 0 Å². The predicted octanol–water partition coefficient (Wildman–Crippen LogP) is 3.06. The van der Waals surface area contributed by atoms with Crippen LogP contribution in [0, 0.1) is 11.7 Å². The summed E-state index contributed by atoms with van der Waals surface area (Å²) >= 11 is 4.90. The summed E-state index contributed by atoms with van der Waals surface area (Å²) < 4.78 is 13.6. The molecule has 0 aromatic heterocycles. The first-order valence-electron chi connectivity index (χ1n) is 5.94. The third kappa shape index (κ3) is 2.57. The molecule has 0 saturated heterocycles. The van der Waals surface area contributed by atoms with Gasteiger partial charge in [-0.15, -0.1) is 0 Å². The minimum absolute atomic E-state index is 0.103. The number of anilines is 1. The molecule has 92 valence electrons. The maximum absolute atomic E-state index is 13.6. The second-order valence-electron chi connectivity index (χ2n) is 4.65. The highest BCUT2D eigenvalue weighted by Crippen LogP contribution is 2.31. The highest BCUT2D eigenvalue weighted by molar-refractivity contribution is 7.80. The first-order valence-corrected chi connectivity index (χ1v) is 6.35. The Labute approximate surface area is 106 Å². The van der Waals surface area contributed by atoms with E-state index < -0.39 is 0 Å². The number of rotatable bonds is 4. The normalized spacial score (nSPS) is 17.3. The molecule has 1 fully saturated rings. The largest absolute Gasteiger partial charge is 0.389 e. The Bertz CT molecular complexity index is 429. The van der Waals surface area contributed by atoms with E-state index in [0.29, 0.717) is 23.2 Å². The predicted molar refractivity (Wildman–Crippen MR) is 72.7 cm³/mol. The van der Waals surface area contributed by atoms with Gasteiger partial charge in [-0.25, -0.2) is 4.39 Å². The molecular weight excluding hydrogens is 235 g/mol. The van der Waals surface area contributed by atoms with Gasteiger partial charge in [-0.1, -0.05) is 24.7 Å². The summed E-state index contributed by atoms with van der Waals surface area (Å²) in [4.78, 5) is 0.103. The van der Waals surface area contributed by atoms with Crippen molar-refractivity contribution in [3.05, 3.63) is 29.6 Å². The highest BCUT2D eigenvalue weighted by atomic mass is 32.1. The summed E-state index contributed by atoms with van der Waals surface area (Å²) in [6.45, 7) is 2.12. The van der Waals surface area contributed by atoms with E-state index in [1.807, 2.05) is 6.07 Å². The molecule has 1 atom stereocenters. The van der Waals surface area contributed by atoms with Crippen molar-refractivity contribution in [1.82, 2.24) is 0 Å². The van der Waals surface area contributed by atoms with E-state index in [2.05, 4.69) is 12.2 Å². The van der Waals surface area contributed by atoms with Gasteiger partial charge >= 0.3 is 0 Å². The van der Waals surface area contributed by atoms with Crippen molar-refractivity contribution in [3.63, 3.8) is 0 Å². The van der Waals surface area contributed by atoms with Gasteiger partial charge in [-0.05, 0) is 37.8 Å². The lowest BCUT2D eigenvalue weighted by molar-refractivity contribution is 0.285. The summed E-state index contributed by atoms with van der Waals surface area (Å²) in [6, 6.07) is 5.21. The Morgan fingerprint density at radius 1 is 1.53 bits per heavy atom. The van der Waals surface area contributed by atoms with Crippen molar-refractivity contribution < 1.29 is 4.39 Å².